The Bertz CT molecular complexity index is 584. The molecular weight excluding hydrogens is 235 g/mol. The molecule has 4 nitrogen and oxygen atoms in total. The number of nitrogens with one attached hydrogen (secondary N) is 1. The largest absolute Gasteiger partial charge is 0.389 e. The van der Waals surface area contributed by atoms with Crippen LogP contribution in [0.25, 0.3) is 10.9 Å². The highest BCUT2D eigenvalue weighted by atomic mass is 19.2. The van der Waals surface area contributed by atoms with Crippen LogP contribution in [0, 0.1) is 0 Å². The molecule has 1 aromatic carbocycles. The van der Waals surface area contributed by atoms with Crippen LogP contribution >= 0.6 is 0 Å². The van der Waals surface area contributed by atoms with E-state index in [-0.39, 0.29) is 12.1 Å². The third-order valence-electron chi connectivity index (χ3n) is 2.59. The molecule has 2 aromatic rings. The van der Waals surface area contributed by atoms with E-state index in [1.54, 1.807) is 38.1 Å². The smallest absolute Gasteiger partial charge is 0.253 e. The summed E-state index contributed by atoms with van der Waals surface area (Å²) in [5, 5.41) is 12.7. The minimum Gasteiger partial charge on any atom is -0.389 e. The van der Waals surface area contributed by atoms with E-state index < -0.39 is 11.5 Å². The molecular formula is C13H15FN2O2. The third kappa shape index (κ3) is 2.51. The summed E-state index contributed by atoms with van der Waals surface area (Å²) in [6.07, 6.45) is 1.14. The summed E-state index contributed by atoms with van der Waals surface area (Å²) < 4.78 is 13.5. The molecule has 0 aliphatic heterocycles. The predicted octanol–water partition coefficient (Wildman–Crippen LogP) is 1.87. The normalized spacial score (nSPS) is 11.8. The van der Waals surface area contributed by atoms with Crippen LogP contribution in [-0.2, 0) is 0 Å². The van der Waals surface area contributed by atoms with Crippen LogP contribution < -0.4 is 5.32 Å². The van der Waals surface area contributed by atoms with E-state index in [1.165, 1.54) is 0 Å². The lowest BCUT2D eigenvalue weighted by Gasteiger charge is -2.17. The monoisotopic (exact) mass is 250 g/mol. The van der Waals surface area contributed by atoms with Crippen molar-refractivity contribution < 1.29 is 14.4 Å². The molecule has 1 amide bonds. The molecule has 18 heavy (non-hydrogen) atoms. The molecule has 0 saturated heterocycles. The van der Waals surface area contributed by atoms with Crippen molar-refractivity contribution in [3.63, 3.8) is 0 Å². The van der Waals surface area contributed by atoms with Gasteiger partial charge in [0.25, 0.3) is 5.91 Å². The summed E-state index contributed by atoms with van der Waals surface area (Å²) in [4.78, 5) is 12.3. The highest BCUT2D eigenvalue weighted by molar-refractivity contribution is 6.06. The summed E-state index contributed by atoms with van der Waals surface area (Å²) in [7, 11) is 0. The first kappa shape index (κ1) is 12.6. The van der Waals surface area contributed by atoms with Gasteiger partial charge in [0.05, 0.1) is 22.9 Å². The average molecular weight is 250 g/mol. The number of fused-ring (bicyclic) bond motifs is 1. The molecule has 2 N–H and O–H groups in total. The van der Waals surface area contributed by atoms with E-state index in [1.807, 2.05) is 0 Å². The Kier molecular flexibility index (Phi) is 3.09. The van der Waals surface area contributed by atoms with Gasteiger partial charge in [-0.15, -0.1) is 0 Å². The quantitative estimate of drug-likeness (QED) is 0.873. The Labute approximate surface area is 104 Å². The highest BCUT2D eigenvalue weighted by Gasteiger charge is 2.18. The topological polar surface area (TPSA) is 54.3 Å². The van der Waals surface area contributed by atoms with E-state index >= 15 is 0 Å². The number of aromatic nitrogens is 1. The van der Waals surface area contributed by atoms with Gasteiger partial charge >= 0.3 is 0 Å². The number of carbonyl (C=O) groups is 1. The number of aliphatic hydroxyl groups is 1. The number of hydrogen-bond donors (Lipinski definition) is 2. The Balaban J connectivity index is 2.28. The fourth-order valence-electron chi connectivity index (χ4n) is 1.71. The number of rotatable bonds is 3. The lowest BCUT2D eigenvalue weighted by molar-refractivity contribution is 0.0695. The minimum absolute atomic E-state index is 0.109. The molecule has 1 heterocycles. The lowest BCUT2D eigenvalue weighted by atomic mass is 10.1. The van der Waals surface area contributed by atoms with E-state index in [2.05, 4.69) is 5.32 Å². The second kappa shape index (κ2) is 4.42. The molecule has 0 aliphatic carbocycles. The standard InChI is InChI=1S/C13H15FN2O2/c1-13(2,18)8-15-12(17)10-7-16(14)11-6-4-3-5-9(10)11/h3-7,18H,8H2,1-2H3,(H,15,17). The Morgan fingerprint density at radius 1 is 1.44 bits per heavy atom. The van der Waals surface area contributed by atoms with Gasteiger partial charge in [-0.25, -0.2) is 0 Å². The summed E-state index contributed by atoms with van der Waals surface area (Å²) in [5.41, 5.74) is -0.382. The maximum Gasteiger partial charge on any atom is 0.253 e. The Morgan fingerprint density at radius 3 is 2.78 bits per heavy atom. The van der Waals surface area contributed by atoms with Crippen molar-refractivity contribution in [2.45, 2.75) is 19.4 Å². The van der Waals surface area contributed by atoms with Gasteiger partial charge in [-0.3, -0.25) is 4.79 Å². The molecule has 0 radical (unpaired) electrons. The molecule has 0 saturated carbocycles. The van der Waals surface area contributed by atoms with Crippen LogP contribution in [0.1, 0.15) is 24.2 Å². The summed E-state index contributed by atoms with van der Waals surface area (Å²) in [6.45, 7) is 3.29. The van der Waals surface area contributed by atoms with E-state index in [0.717, 1.165) is 6.20 Å². The third-order valence-corrected chi connectivity index (χ3v) is 2.59. The molecule has 96 valence electrons. The maximum absolute atomic E-state index is 13.5. The van der Waals surface area contributed by atoms with Gasteiger partial charge in [0.15, 0.2) is 0 Å². The van der Waals surface area contributed by atoms with Crippen molar-refractivity contribution in [1.82, 2.24) is 10.1 Å². The molecule has 0 unspecified atom stereocenters. The summed E-state index contributed by atoms with van der Waals surface area (Å²) in [5.74, 6) is -0.398. The number of benzene rings is 1. The number of para-hydroxylation sites is 1. The van der Waals surface area contributed by atoms with Crippen molar-refractivity contribution in [3.8, 4) is 0 Å². The number of carbonyl (C=O) groups excluding carboxylic acids is 1. The summed E-state index contributed by atoms with van der Waals surface area (Å²) >= 11 is 0. The van der Waals surface area contributed by atoms with E-state index in [0.29, 0.717) is 15.7 Å². The second-order valence-corrected chi connectivity index (χ2v) is 4.87. The molecule has 2 rings (SSSR count). The fraction of sp³-hybridized carbons (Fsp3) is 0.308. The molecule has 0 bridgehead atoms. The first-order chi connectivity index (χ1) is 8.38. The minimum atomic E-state index is -0.996. The van der Waals surface area contributed by atoms with Crippen LogP contribution in [0.2, 0.25) is 0 Å². The zero-order valence-electron chi connectivity index (χ0n) is 10.3. The van der Waals surface area contributed by atoms with Gasteiger partial charge in [0, 0.05) is 11.9 Å². The van der Waals surface area contributed by atoms with Crippen LogP contribution in [0.4, 0.5) is 4.48 Å². The van der Waals surface area contributed by atoms with Crippen molar-refractivity contribution >= 4 is 16.8 Å². The van der Waals surface area contributed by atoms with Crippen LogP contribution in [0.3, 0.4) is 0 Å². The molecule has 5 heteroatoms. The molecule has 0 aliphatic rings. The van der Waals surface area contributed by atoms with Gasteiger partial charge in [-0.1, -0.05) is 22.7 Å². The average Bonchev–Trinajstić information content (AvgIpc) is 2.64. The second-order valence-electron chi connectivity index (χ2n) is 4.87. The maximum atomic E-state index is 13.5. The summed E-state index contributed by atoms with van der Waals surface area (Å²) in [6, 6.07) is 6.73. The Hall–Kier alpha value is -1.88. The van der Waals surface area contributed by atoms with Crippen molar-refractivity contribution in [2.24, 2.45) is 0 Å². The van der Waals surface area contributed by atoms with Crippen molar-refractivity contribution in [3.05, 3.63) is 36.0 Å². The zero-order chi connectivity index (χ0) is 13.3. The van der Waals surface area contributed by atoms with Gasteiger partial charge in [0.2, 0.25) is 0 Å². The van der Waals surface area contributed by atoms with Gasteiger partial charge < -0.3 is 10.4 Å². The fourth-order valence-corrected chi connectivity index (χ4v) is 1.71. The first-order valence-corrected chi connectivity index (χ1v) is 5.65. The van der Waals surface area contributed by atoms with E-state index in [4.69, 9.17) is 0 Å². The van der Waals surface area contributed by atoms with Crippen LogP contribution in [0.5, 0.6) is 0 Å². The SMILES string of the molecule is CC(C)(O)CNC(=O)c1cn(F)c2ccccc12. The van der Waals surface area contributed by atoms with Gasteiger partial charge in [-0.2, -0.15) is 4.79 Å². The predicted molar refractivity (Wildman–Crippen MR) is 67.1 cm³/mol. The van der Waals surface area contributed by atoms with Crippen LogP contribution in [-0.4, -0.2) is 27.9 Å². The number of nitrogens with zero attached hydrogens (tertiary/aromatic N) is 1. The Morgan fingerprint density at radius 2 is 2.11 bits per heavy atom. The number of halogens is 1. The number of amides is 1. The van der Waals surface area contributed by atoms with Gasteiger partial charge in [0.1, 0.15) is 0 Å². The lowest BCUT2D eigenvalue weighted by Crippen LogP contribution is -2.38. The number of hydrogen-bond acceptors (Lipinski definition) is 2. The van der Waals surface area contributed by atoms with Crippen LogP contribution in [0.15, 0.2) is 30.5 Å². The highest BCUT2D eigenvalue weighted by Crippen LogP contribution is 2.21. The molecule has 0 spiro atoms. The van der Waals surface area contributed by atoms with E-state index in [9.17, 15) is 14.4 Å². The zero-order valence-corrected chi connectivity index (χ0v) is 10.3. The van der Waals surface area contributed by atoms with Gasteiger partial charge in [-0.05, 0) is 19.9 Å². The molecule has 0 atom stereocenters. The van der Waals surface area contributed by atoms with Crippen molar-refractivity contribution in [1.29, 1.82) is 0 Å². The molecule has 1 aromatic heterocycles. The van der Waals surface area contributed by atoms with Crippen molar-refractivity contribution in [2.75, 3.05) is 6.54 Å². The first-order valence-electron chi connectivity index (χ1n) is 5.65. The molecule has 0 fully saturated rings.